The van der Waals surface area contributed by atoms with Gasteiger partial charge in [0.2, 0.25) is 0 Å². The van der Waals surface area contributed by atoms with Crippen LogP contribution in [0.4, 0.5) is 50.4 Å². The van der Waals surface area contributed by atoms with Crippen LogP contribution in [0.25, 0.3) is 67.8 Å². The molecule has 0 fully saturated rings. The Bertz CT molecular complexity index is 2230. The van der Waals surface area contributed by atoms with Crippen LogP contribution in [0, 0.1) is 0 Å². The first kappa shape index (κ1) is 56.8. The van der Waals surface area contributed by atoms with Gasteiger partial charge in [-0.05, 0) is 119 Å². The summed E-state index contributed by atoms with van der Waals surface area (Å²) in [6.45, 7) is 0. The van der Waals surface area contributed by atoms with E-state index in [1.165, 1.54) is 0 Å². The number of halogens is 12. The zero-order valence-electron chi connectivity index (χ0n) is 34.4. The van der Waals surface area contributed by atoms with Crippen LogP contribution >= 0.6 is 15.6 Å². The minimum atomic E-state index is -10.7. The van der Waals surface area contributed by atoms with E-state index in [1.54, 1.807) is 49.6 Å². The minimum Gasteiger partial charge on any atom is -0.265 e. The van der Waals surface area contributed by atoms with Gasteiger partial charge in [-0.25, -0.2) is 9.97 Å². The first-order chi connectivity index (χ1) is 30.7. The zero-order chi connectivity index (χ0) is 49.2. The molecule has 0 aliphatic rings. The molecule has 359 valence electrons. The molecule has 0 aliphatic carbocycles. The topological polar surface area (TPSA) is 144 Å². The second-order valence-electron chi connectivity index (χ2n) is 12.5. The quantitative estimate of drug-likeness (QED) is 0.122. The number of rotatable bonds is 6. The molecule has 8 rings (SSSR count). The maximum atomic E-state index is 9.87. The number of aliphatic hydroxyl groups excluding tert-OH is 2. The fourth-order valence-corrected chi connectivity index (χ4v) is 5.07. The van der Waals surface area contributed by atoms with Gasteiger partial charge in [-0.3, -0.25) is 29.9 Å². The Labute approximate surface area is 384 Å². The third-order valence-corrected chi connectivity index (χ3v) is 7.39. The van der Waals surface area contributed by atoms with Crippen LogP contribution in [-0.2, 0) is 16.8 Å². The first-order valence-corrected chi connectivity index (χ1v) is 22.3. The van der Waals surface area contributed by atoms with Gasteiger partial charge in [0.25, 0.3) is 0 Å². The fourth-order valence-electron chi connectivity index (χ4n) is 5.07. The number of aromatic nitrogens is 8. The summed E-state index contributed by atoms with van der Waals surface area (Å²) in [5.41, 5.74) is 10.9. The number of hydrogen-bond donors (Lipinski definition) is 2. The molecule has 0 spiro atoms. The average molecular weight is 1030 g/mol. The zero-order valence-corrected chi connectivity index (χ0v) is 37.2. The molecule has 0 saturated carbocycles. The predicted octanol–water partition coefficient (Wildman–Crippen LogP) is 14.5. The predicted molar refractivity (Wildman–Crippen MR) is 231 cm³/mol. The van der Waals surface area contributed by atoms with E-state index in [0.717, 1.165) is 82.0 Å². The molecule has 0 aromatic carbocycles. The van der Waals surface area contributed by atoms with E-state index in [1.807, 2.05) is 121 Å². The van der Waals surface area contributed by atoms with Crippen LogP contribution in [0.3, 0.4) is 0 Å². The Balaban J connectivity index is 0.000000337. The van der Waals surface area contributed by atoms with Crippen molar-refractivity contribution in [2.45, 2.75) is 0 Å². The molecule has 0 saturated heterocycles. The summed E-state index contributed by atoms with van der Waals surface area (Å²) in [6.07, 6.45) is 14.3. The van der Waals surface area contributed by atoms with E-state index in [2.05, 4.69) is 29.9 Å². The molecule has 8 heterocycles. The van der Waals surface area contributed by atoms with Gasteiger partial charge in [0.05, 0.1) is 45.6 Å². The smallest absolute Gasteiger partial charge is 0.265 e. The summed E-state index contributed by atoms with van der Waals surface area (Å²) in [4.78, 5) is 35.4. The normalized spacial score (nSPS) is 12.5. The van der Waals surface area contributed by atoms with E-state index < -0.39 is 15.6 Å². The Morgan fingerprint density at radius 2 is 0.507 bits per heavy atom. The second kappa shape index (κ2) is 22.4. The van der Waals surface area contributed by atoms with Gasteiger partial charge in [0.1, 0.15) is 0 Å². The molecule has 2 N–H and O–H groups in total. The molecule has 25 heteroatoms. The van der Waals surface area contributed by atoms with Crippen LogP contribution in [0.15, 0.2) is 171 Å². The molecule has 0 atom stereocenters. The summed E-state index contributed by atoms with van der Waals surface area (Å²) in [5.74, 6) is 0. The maximum Gasteiger partial charge on any atom is 2.00 e. The molecule has 0 amide bonds. The third-order valence-electron chi connectivity index (χ3n) is 7.39. The van der Waals surface area contributed by atoms with Crippen molar-refractivity contribution < 1.29 is 77.4 Å². The molecule has 67 heavy (non-hydrogen) atoms. The van der Waals surface area contributed by atoms with E-state index in [4.69, 9.17) is 20.2 Å². The van der Waals surface area contributed by atoms with Crippen molar-refractivity contribution in [3.8, 4) is 67.8 Å². The van der Waals surface area contributed by atoms with Crippen molar-refractivity contribution in [2.75, 3.05) is 14.2 Å². The van der Waals surface area contributed by atoms with Gasteiger partial charge in [-0.15, -0.1) is 0 Å². The molecule has 0 aliphatic heterocycles. The van der Waals surface area contributed by atoms with Gasteiger partial charge in [0, 0.05) is 63.8 Å². The number of hydrogen-bond acceptors (Lipinski definition) is 10. The minimum absolute atomic E-state index is 0. The molecule has 1 radical (unpaired) electrons. The van der Waals surface area contributed by atoms with Crippen molar-refractivity contribution in [1.82, 2.24) is 39.9 Å². The number of nitrogens with zero attached hydrogens (tertiary/aromatic N) is 8. The van der Waals surface area contributed by atoms with E-state index in [9.17, 15) is 50.4 Å². The molecule has 10 nitrogen and oxygen atoms in total. The van der Waals surface area contributed by atoms with Crippen molar-refractivity contribution in [3.05, 3.63) is 171 Å². The van der Waals surface area contributed by atoms with Crippen LogP contribution in [0.2, 0.25) is 0 Å². The van der Waals surface area contributed by atoms with Gasteiger partial charge in [-0.2, -0.15) is 0 Å². The maximum absolute atomic E-state index is 10.7. The van der Waals surface area contributed by atoms with Crippen LogP contribution in [0.5, 0.6) is 0 Å². The first-order valence-electron chi connectivity index (χ1n) is 18.2. The van der Waals surface area contributed by atoms with Gasteiger partial charge in [-0.1, -0.05) is 24.3 Å². The number of pyridine rings is 8. The molecule has 8 aromatic rings. The van der Waals surface area contributed by atoms with Crippen LogP contribution in [-0.4, -0.2) is 64.3 Å². The van der Waals surface area contributed by atoms with Crippen molar-refractivity contribution >= 4 is 15.6 Å². The molecule has 0 unspecified atom stereocenters. The molecular weight excluding hydrogens is 997 g/mol. The Morgan fingerprint density at radius 1 is 0.299 bits per heavy atom. The van der Waals surface area contributed by atoms with Crippen molar-refractivity contribution in [2.24, 2.45) is 0 Å². The second-order valence-corrected chi connectivity index (χ2v) is 16.3. The largest absolute Gasteiger partial charge is 2.00 e. The van der Waals surface area contributed by atoms with E-state index >= 15 is 0 Å². The van der Waals surface area contributed by atoms with Gasteiger partial charge in [0.15, 0.2) is 0 Å². The van der Waals surface area contributed by atoms with E-state index in [0.29, 0.717) is 0 Å². The summed E-state index contributed by atoms with van der Waals surface area (Å²) in [5, 5.41) is 14.0. The Morgan fingerprint density at radius 3 is 0.687 bits per heavy atom. The van der Waals surface area contributed by atoms with Crippen molar-refractivity contribution in [1.29, 1.82) is 0 Å². The number of aliphatic hydroxyl groups is 2. The molecule has 0 bridgehead atoms. The van der Waals surface area contributed by atoms with Crippen LogP contribution < -0.4 is 0 Å². The summed E-state index contributed by atoms with van der Waals surface area (Å²) < 4.78 is 118. The summed E-state index contributed by atoms with van der Waals surface area (Å²) >= 11 is 0. The van der Waals surface area contributed by atoms with E-state index in [-0.39, 0.29) is 16.8 Å². The van der Waals surface area contributed by atoms with Gasteiger partial charge >= 0.3 is 82.8 Å². The fraction of sp³-hybridized carbons (Fsp3) is 0.0476. The summed E-state index contributed by atoms with van der Waals surface area (Å²) in [7, 11) is -19.3. The Hall–Kier alpha value is -6.35. The third kappa shape index (κ3) is 24.7. The molecular formula is C42H36CoF12N8O2P2. The Kier molecular flexibility index (Phi) is 19.0. The molecule has 8 aromatic heterocycles. The van der Waals surface area contributed by atoms with Crippen LogP contribution in [0.1, 0.15) is 0 Å². The average Bonchev–Trinajstić information content (AvgIpc) is 3.30. The monoisotopic (exact) mass is 1030 g/mol. The van der Waals surface area contributed by atoms with Crippen molar-refractivity contribution in [3.63, 3.8) is 0 Å². The van der Waals surface area contributed by atoms with Gasteiger partial charge < -0.3 is 10.2 Å². The SMILES string of the molecule is CO.CO.F[P-](F)(F)(F)(F)F.F[P-](F)(F)(F)(F)F.[Co+2].c1ccc(-c2cc(-c3ccncc3)cc(-c3ccccn3)n2)nc1.c1ccc(-c2cc(-c3ccncc3)cc(-c3ccccn3)n2)nc1. The standard InChI is InChI=1S/2C20H14N4.2CH4O.Co.2F6P/c2*1-3-9-22-17(5-1)19-13-16(15-7-11-21-12-8-15)14-20(24-19)18-6-2-4-10-23-18;2*1-2;;2*1-7(2,3,4,5)6/h2*1-14H;2*2H,1H3;;;/q;;;;+2;2*-1. The summed E-state index contributed by atoms with van der Waals surface area (Å²) in [6, 6.07) is 39.4.